The fraction of sp³-hybridized carbons (Fsp3) is 0.462. The van der Waals surface area contributed by atoms with Crippen molar-refractivity contribution in [1.82, 2.24) is 4.90 Å². The van der Waals surface area contributed by atoms with Gasteiger partial charge in [0, 0.05) is 17.6 Å². The number of rotatable bonds is 3. The first-order valence-corrected chi connectivity index (χ1v) is 6.71. The first kappa shape index (κ1) is 12.4. The van der Waals surface area contributed by atoms with Gasteiger partial charge in [0.25, 0.3) is 5.91 Å². The summed E-state index contributed by atoms with van der Waals surface area (Å²) in [5.74, 6) is 0.814. The number of halogens is 1. The Kier molecular flexibility index (Phi) is 4.42. The molecule has 0 radical (unpaired) electrons. The first-order valence-electron chi connectivity index (χ1n) is 5.92. The van der Waals surface area contributed by atoms with Gasteiger partial charge in [-0.05, 0) is 37.5 Å². The number of benzene rings is 1. The van der Waals surface area contributed by atoms with Gasteiger partial charge in [-0.2, -0.15) is 0 Å². The summed E-state index contributed by atoms with van der Waals surface area (Å²) < 4.78 is 6.44. The zero-order valence-electron chi connectivity index (χ0n) is 9.69. The molecule has 92 valence electrons. The van der Waals surface area contributed by atoms with E-state index in [0.29, 0.717) is 0 Å². The van der Waals surface area contributed by atoms with E-state index in [9.17, 15) is 4.79 Å². The molecule has 1 fully saturated rings. The number of hydrogen-bond donors (Lipinski definition) is 0. The second-order valence-electron chi connectivity index (χ2n) is 4.19. The first-order chi connectivity index (χ1) is 8.25. The molecule has 0 spiro atoms. The van der Waals surface area contributed by atoms with Crippen molar-refractivity contribution in [2.24, 2.45) is 0 Å². The van der Waals surface area contributed by atoms with Gasteiger partial charge in [-0.15, -0.1) is 0 Å². The zero-order chi connectivity index (χ0) is 12.1. The number of carbonyl (C=O) groups excluding carboxylic acids is 1. The molecule has 0 aliphatic carbocycles. The number of nitrogens with zero attached hydrogens (tertiary/aromatic N) is 1. The van der Waals surface area contributed by atoms with Crippen molar-refractivity contribution in [3.05, 3.63) is 28.7 Å². The fourth-order valence-corrected chi connectivity index (χ4v) is 2.31. The van der Waals surface area contributed by atoms with Gasteiger partial charge in [-0.25, -0.2) is 0 Å². The summed E-state index contributed by atoms with van der Waals surface area (Å²) in [7, 11) is 0. The maximum atomic E-state index is 11.8. The van der Waals surface area contributed by atoms with Crippen molar-refractivity contribution >= 4 is 21.8 Å². The van der Waals surface area contributed by atoms with Gasteiger partial charge in [-0.3, -0.25) is 4.79 Å². The molecule has 1 aliphatic rings. The third kappa shape index (κ3) is 3.73. The quantitative estimate of drug-likeness (QED) is 0.859. The van der Waals surface area contributed by atoms with E-state index < -0.39 is 0 Å². The Morgan fingerprint density at radius 2 is 2.06 bits per heavy atom. The normalized spacial score (nSPS) is 15.7. The van der Waals surface area contributed by atoms with Gasteiger partial charge < -0.3 is 9.64 Å². The third-order valence-corrected chi connectivity index (χ3v) is 3.36. The second-order valence-corrected chi connectivity index (χ2v) is 5.10. The molecule has 0 unspecified atom stereocenters. The van der Waals surface area contributed by atoms with Crippen LogP contribution >= 0.6 is 15.9 Å². The largest absolute Gasteiger partial charge is 0.484 e. The zero-order valence-corrected chi connectivity index (χ0v) is 11.3. The molecule has 0 bridgehead atoms. The third-order valence-electron chi connectivity index (χ3n) is 2.87. The van der Waals surface area contributed by atoms with Gasteiger partial charge in [0.05, 0.1) is 0 Å². The van der Waals surface area contributed by atoms with Crippen molar-refractivity contribution in [2.45, 2.75) is 19.3 Å². The number of amides is 1. The summed E-state index contributed by atoms with van der Waals surface area (Å²) in [4.78, 5) is 13.7. The Morgan fingerprint density at radius 3 is 2.76 bits per heavy atom. The Labute approximate surface area is 110 Å². The van der Waals surface area contributed by atoms with Crippen molar-refractivity contribution in [3.63, 3.8) is 0 Å². The number of piperidine rings is 1. The molecule has 3 nitrogen and oxygen atoms in total. The van der Waals surface area contributed by atoms with Crippen LogP contribution in [-0.4, -0.2) is 30.5 Å². The monoisotopic (exact) mass is 297 g/mol. The van der Waals surface area contributed by atoms with Crippen LogP contribution in [0.3, 0.4) is 0 Å². The Morgan fingerprint density at radius 1 is 1.29 bits per heavy atom. The van der Waals surface area contributed by atoms with E-state index in [2.05, 4.69) is 15.9 Å². The average molecular weight is 298 g/mol. The van der Waals surface area contributed by atoms with Crippen LogP contribution in [0.1, 0.15) is 19.3 Å². The summed E-state index contributed by atoms with van der Waals surface area (Å²) in [6.45, 7) is 1.89. The minimum absolute atomic E-state index is 0.0877. The standard InChI is InChI=1S/C13H16BrNO2/c14-11-5-4-6-12(9-11)17-10-13(16)15-7-2-1-3-8-15/h4-6,9H,1-3,7-8,10H2. The van der Waals surface area contributed by atoms with Gasteiger partial charge in [0.2, 0.25) is 0 Å². The molecule has 4 heteroatoms. The van der Waals surface area contributed by atoms with E-state index in [0.717, 1.165) is 36.2 Å². The van der Waals surface area contributed by atoms with E-state index in [1.807, 2.05) is 29.2 Å². The van der Waals surface area contributed by atoms with Gasteiger partial charge in [0.15, 0.2) is 6.61 Å². The second kappa shape index (κ2) is 6.05. The smallest absolute Gasteiger partial charge is 0.260 e. The predicted octanol–water partition coefficient (Wildman–Crippen LogP) is 2.84. The van der Waals surface area contributed by atoms with Crippen LogP contribution < -0.4 is 4.74 Å². The lowest BCUT2D eigenvalue weighted by molar-refractivity contribution is -0.134. The number of ether oxygens (including phenoxy) is 1. The molecule has 1 saturated heterocycles. The van der Waals surface area contributed by atoms with E-state index in [1.165, 1.54) is 6.42 Å². The lowest BCUT2D eigenvalue weighted by Gasteiger charge is -2.26. The van der Waals surface area contributed by atoms with Crippen LogP contribution in [0.15, 0.2) is 28.7 Å². The molecule has 1 heterocycles. The van der Waals surface area contributed by atoms with Crippen LogP contribution in [-0.2, 0) is 4.79 Å². The van der Waals surface area contributed by atoms with E-state index in [-0.39, 0.29) is 12.5 Å². The SMILES string of the molecule is O=C(COc1cccc(Br)c1)N1CCCCC1. The molecule has 0 aromatic heterocycles. The summed E-state index contributed by atoms with van der Waals surface area (Å²) in [5.41, 5.74) is 0. The Bertz CT molecular complexity index is 389. The van der Waals surface area contributed by atoms with E-state index in [4.69, 9.17) is 4.74 Å². The molecule has 2 rings (SSSR count). The minimum Gasteiger partial charge on any atom is -0.484 e. The van der Waals surface area contributed by atoms with Crippen LogP contribution in [0.5, 0.6) is 5.75 Å². The van der Waals surface area contributed by atoms with E-state index in [1.54, 1.807) is 0 Å². The van der Waals surface area contributed by atoms with Crippen LogP contribution in [0, 0.1) is 0 Å². The van der Waals surface area contributed by atoms with Crippen LogP contribution in [0.4, 0.5) is 0 Å². The lowest BCUT2D eigenvalue weighted by Crippen LogP contribution is -2.38. The van der Waals surface area contributed by atoms with Gasteiger partial charge in [-0.1, -0.05) is 22.0 Å². The van der Waals surface area contributed by atoms with Gasteiger partial charge in [0.1, 0.15) is 5.75 Å². The molecule has 0 atom stereocenters. The Balaban J connectivity index is 1.83. The summed E-state index contributed by atoms with van der Waals surface area (Å²) in [6, 6.07) is 7.54. The molecular formula is C13H16BrNO2. The minimum atomic E-state index is 0.0877. The molecular weight excluding hydrogens is 282 g/mol. The van der Waals surface area contributed by atoms with Gasteiger partial charge >= 0.3 is 0 Å². The summed E-state index contributed by atoms with van der Waals surface area (Å²) >= 11 is 3.37. The number of carbonyl (C=O) groups is 1. The topological polar surface area (TPSA) is 29.5 Å². The summed E-state index contributed by atoms with van der Waals surface area (Å²) in [5, 5.41) is 0. The molecule has 0 saturated carbocycles. The predicted molar refractivity (Wildman–Crippen MR) is 70.1 cm³/mol. The highest BCUT2D eigenvalue weighted by molar-refractivity contribution is 9.10. The van der Waals surface area contributed by atoms with E-state index >= 15 is 0 Å². The van der Waals surface area contributed by atoms with Crippen molar-refractivity contribution in [2.75, 3.05) is 19.7 Å². The number of likely N-dealkylation sites (tertiary alicyclic amines) is 1. The van der Waals surface area contributed by atoms with Crippen molar-refractivity contribution in [1.29, 1.82) is 0 Å². The Hall–Kier alpha value is -1.03. The molecule has 1 aromatic carbocycles. The average Bonchev–Trinajstić information content (AvgIpc) is 2.37. The molecule has 1 aliphatic heterocycles. The highest BCUT2D eigenvalue weighted by Gasteiger charge is 2.16. The van der Waals surface area contributed by atoms with Crippen LogP contribution in [0.25, 0.3) is 0 Å². The highest BCUT2D eigenvalue weighted by Crippen LogP contribution is 2.18. The molecule has 1 aromatic rings. The maximum absolute atomic E-state index is 11.8. The fourth-order valence-electron chi connectivity index (χ4n) is 1.94. The molecule has 17 heavy (non-hydrogen) atoms. The number of hydrogen-bond acceptors (Lipinski definition) is 2. The highest BCUT2D eigenvalue weighted by atomic mass is 79.9. The maximum Gasteiger partial charge on any atom is 0.260 e. The van der Waals surface area contributed by atoms with Crippen molar-refractivity contribution in [3.8, 4) is 5.75 Å². The molecule has 0 N–H and O–H groups in total. The summed E-state index contributed by atoms with van der Waals surface area (Å²) in [6.07, 6.45) is 3.46. The molecule has 1 amide bonds. The lowest BCUT2D eigenvalue weighted by atomic mass is 10.1. The van der Waals surface area contributed by atoms with Crippen LogP contribution in [0.2, 0.25) is 0 Å². The van der Waals surface area contributed by atoms with Crippen molar-refractivity contribution < 1.29 is 9.53 Å².